The Morgan fingerprint density at radius 3 is 2.76 bits per heavy atom. The van der Waals surface area contributed by atoms with Gasteiger partial charge in [0, 0.05) is 4.47 Å². The first-order chi connectivity index (χ1) is 10.0. The summed E-state index contributed by atoms with van der Waals surface area (Å²) in [7, 11) is 0. The van der Waals surface area contributed by atoms with Crippen molar-refractivity contribution in [2.45, 2.75) is 13.8 Å². The molecule has 0 aromatic heterocycles. The number of nitrogens with one attached hydrogen (secondary N) is 1. The zero-order valence-corrected chi connectivity index (χ0v) is 14.1. The van der Waals surface area contributed by atoms with Crippen molar-refractivity contribution in [2.75, 3.05) is 11.9 Å². The van der Waals surface area contributed by atoms with Crippen LogP contribution in [0.3, 0.4) is 0 Å². The molecule has 0 atom stereocenters. The molecule has 0 saturated carbocycles. The van der Waals surface area contributed by atoms with Crippen molar-refractivity contribution in [2.24, 2.45) is 0 Å². The number of hydrogen-bond acceptors (Lipinski definition) is 2. The number of amides is 1. The quantitative estimate of drug-likeness (QED) is 0.819. The summed E-state index contributed by atoms with van der Waals surface area (Å²) in [5, 5.41) is 3.24. The van der Waals surface area contributed by atoms with Gasteiger partial charge in [-0.05, 0) is 49.7 Å². The molecule has 0 spiro atoms. The number of ether oxygens (including phenoxy) is 1. The maximum absolute atomic E-state index is 12.4. The lowest BCUT2D eigenvalue weighted by Crippen LogP contribution is -2.13. The van der Waals surface area contributed by atoms with Gasteiger partial charge in [-0.25, -0.2) is 0 Å². The Morgan fingerprint density at radius 2 is 2.05 bits per heavy atom. The van der Waals surface area contributed by atoms with Gasteiger partial charge in [0.05, 0.1) is 22.9 Å². The molecular formula is C16H15BrClNO2. The molecule has 110 valence electrons. The van der Waals surface area contributed by atoms with E-state index < -0.39 is 0 Å². The first-order valence-corrected chi connectivity index (χ1v) is 7.68. The highest BCUT2D eigenvalue weighted by Gasteiger charge is 2.13. The second kappa shape index (κ2) is 6.96. The van der Waals surface area contributed by atoms with E-state index in [1.54, 1.807) is 18.2 Å². The SMILES string of the molecule is CCOc1cc(C)ccc1NC(=O)c1cc(Br)ccc1Cl. The van der Waals surface area contributed by atoms with Crippen LogP contribution in [0.15, 0.2) is 40.9 Å². The second-order valence-electron chi connectivity index (χ2n) is 4.51. The van der Waals surface area contributed by atoms with Gasteiger partial charge in [0.2, 0.25) is 0 Å². The van der Waals surface area contributed by atoms with Crippen molar-refractivity contribution < 1.29 is 9.53 Å². The van der Waals surface area contributed by atoms with Crippen molar-refractivity contribution in [1.29, 1.82) is 0 Å². The minimum absolute atomic E-state index is 0.272. The molecule has 0 fully saturated rings. The maximum Gasteiger partial charge on any atom is 0.257 e. The van der Waals surface area contributed by atoms with E-state index in [-0.39, 0.29) is 5.91 Å². The lowest BCUT2D eigenvalue weighted by Gasteiger charge is -2.13. The van der Waals surface area contributed by atoms with Crippen LogP contribution in [-0.4, -0.2) is 12.5 Å². The van der Waals surface area contributed by atoms with Gasteiger partial charge in [0.1, 0.15) is 5.75 Å². The average molecular weight is 369 g/mol. The van der Waals surface area contributed by atoms with Crippen molar-refractivity contribution in [1.82, 2.24) is 0 Å². The molecule has 2 aromatic carbocycles. The van der Waals surface area contributed by atoms with E-state index in [4.69, 9.17) is 16.3 Å². The molecule has 0 aliphatic rings. The highest BCUT2D eigenvalue weighted by Crippen LogP contribution is 2.28. The molecule has 1 amide bonds. The Kier molecular flexibility index (Phi) is 5.26. The van der Waals surface area contributed by atoms with Crippen LogP contribution in [0.1, 0.15) is 22.8 Å². The van der Waals surface area contributed by atoms with Crippen molar-refractivity contribution in [3.63, 3.8) is 0 Å². The number of rotatable bonds is 4. The number of carbonyl (C=O) groups is 1. The highest BCUT2D eigenvalue weighted by atomic mass is 79.9. The third kappa shape index (κ3) is 3.99. The fourth-order valence-corrected chi connectivity index (χ4v) is 2.43. The standard InChI is InChI=1S/C16H15BrClNO2/c1-3-21-15-8-10(2)4-7-14(15)19-16(20)12-9-11(17)5-6-13(12)18/h4-9H,3H2,1-2H3,(H,19,20). The van der Waals surface area contributed by atoms with Crippen LogP contribution in [0.5, 0.6) is 5.75 Å². The van der Waals surface area contributed by atoms with Crippen molar-refractivity contribution in [3.8, 4) is 5.75 Å². The summed E-state index contributed by atoms with van der Waals surface area (Å²) in [6.45, 7) is 4.41. The molecule has 0 heterocycles. The Labute approximate surface area is 137 Å². The van der Waals surface area contributed by atoms with Crippen molar-refractivity contribution in [3.05, 3.63) is 57.0 Å². The maximum atomic E-state index is 12.4. The predicted octanol–water partition coefficient (Wildman–Crippen LogP) is 5.06. The lowest BCUT2D eigenvalue weighted by atomic mass is 10.1. The highest BCUT2D eigenvalue weighted by molar-refractivity contribution is 9.10. The molecule has 1 N–H and O–H groups in total. The summed E-state index contributed by atoms with van der Waals surface area (Å²) in [6, 6.07) is 10.8. The number of benzene rings is 2. The Morgan fingerprint density at radius 1 is 1.29 bits per heavy atom. The molecular weight excluding hydrogens is 354 g/mol. The summed E-state index contributed by atoms with van der Waals surface area (Å²) < 4.78 is 6.35. The van der Waals surface area contributed by atoms with Crippen LogP contribution >= 0.6 is 27.5 Å². The van der Waals surface area contributed by atoms with E-state index >= 15 is 0 Å². The number of carbonyl (C=O) groups excluding carboxylic acids is 1. The van der Waals surface area contributed by atoms with Gasteiger partial charge in [-0.1, -0.05) is 33.6 Å². The molecule has 0 saturated heterocycles. The van der Waals surface area contributed by atoms with Gasteiger partial charge < -0.3 is 10.1 Å². The fourth-order valence-electron chi connectivity index (χ4n) is 1.87. The van der Waals surface area contributed by atoms with E-state index in [9.17, 15) is 4.79 Å². The van der Waals surface area contributed by atoms with Crippen LogP contribution in [0, 0.1) is 6.92 Å². The first kappa shape index (κ1) is 15.9. The normalized spacial score (nSPS) is 10.3. The number of anilines is 1. The summed E-state index contributed by atoms with van der Waals surface area (Å²) >= 11 is 9.41. The number of aryl methyl sites for hydroxylation is 1. The summed E-state index contributed by atoms with van der Waals surface area (Å²) in [5.74, 6) is 0.378. The van der Waals surface area contributed by atoms with E-state index in [2.05, 4.69) is 21.2 Å². The van der Waals surface area contributed by atoms with Gasteiger partial charge in [-0.15, -0.1) is 0 Å². The molecule has 21 heavy (non-hydrogen) atoms. The Hall–Kier alpha value is -1.52. The molecule has 0 bridgehead atoms. The largest absolute Gasteiger partial charge is 0.492 e. The fraction of sp³-hybridized carbons (Fsp3) is 0.188. The van der Waals surface area contributed by atoms with Crippen LogP contribution in [0.25, 0.3) is 0 Å². The molecule has 3 nitrogen and oxygen atoms in total. The summed E-state index contributed by atoms with van der Waals surface area (Å²) in [5.41, 5.74) is 2.11. The third-order valence-electron chi connectivity index (χ3n) is 2.86. The van der Waals surface area contributed by atoms with Gasteiger partial charge in [0.25, 0.3) is 5.91 Å². The zero-order chi connectivity index (χ0) is 15.4. The van der Waals surface area contributed by atoms with Gasteiger partial charge in [-0.3, -0.25) is 4.79 Å². The molecule has 2 rings (SSSR count). The molecule has 2 aromatic rings. The van der Waals surface area contributed by atoms with E-state index in [1.807, 2.05) is 32.0 Å². The minimum atomic E-state index is -0.272. The van der Waals surface area contributed by atoms with Crippen LogP contribution in [0.2, 0.25) is 5.02 Å². The molecule has 0 aliphatic carbocycles. The van der Waals surface area contributed by atoms with Crippen LogP contribution < -0.4 is 10.1 Å². The first-order valence-electron chi connectivity index (χ1n) is 6.51. The molecule has 0 radical (unpaired) electrons. The van der Waals surface area contributed by atoms with Crippen molar-refractivity contribution >= 4 is 39.1 Å². The molecule has 0 unspecified atom stereocenters. The zero-order valence-electron chi connectivity index (χ0n) is 11.7. The van der Waals surface area contributed by atoms with Gasteiger partial charge >= 0.3 is 0 Å². The summed E-state index contributed by atoms with van der Waals surface area (Å²) in [6.07, 6.45) is 0. The van der Waals surface area contributed by atoms with E-state index in [0.29, 0.717) is 28.6 Å². The number of halogens is 2. The topological polar surface area (TPSA) is 38.3 Å². The van der Waals surface area contributed by atoms with Crippen LogP contribution in [0.4, 0.5) is 5.69 Å². The second-order valence-corrected chi connectivity index (χ2v) is 5.83. The Bertz CT molecular complexity index is 673. The van der Waals surface area contributed by atoms with E-state index in [1.165, 1.54) is 0 Å². The van der Waals surface area contributed by atoms with E-state index in [0.717, 1.165) is 10.0 Å². The smallest absolute Gasteiger partial charge is 0.257 e. The molecule has 5 heteroatoms. The summed E-state index contributed by atoms with van der Waals surface area (Å²) in [4.78, 5) is 12.4. The predicted molar refractivity (Wildman–Crippen MR) is 89.5 cm³/mol. The molecule has 0 aliphatic heterocycles. The minimum Gasteiger partial charge on any atom is -0.492 e. The van der Waals surface area contributed by atoms with Gasteiger partial charge in [-0.2, -0.15) is 0 Å². The Balaban J connectivity index is 2.29. The monoisotopic (exact) mass is 367 g/mol. The van der Waals surface area contributed by atoms with Gasteiger partial charge in [0.15, 0.2) is 0 Å². The van der Waals surface area contributed by atoms with Crippen LogP contribution in [-0.2, 0) is 0 Å². The average Bonchev–Trinajstić information content (AvgIpc) is 2.44. The third-order valence-corrected chi connectivity index (χ3v) is 3.68. The lowest BCUT2D eigenvalue weighted by molar-refractivity contribution is 0.102. The number of hydrogen-bond donors (Lipinski definition) is 1.